The van der Waals surface area contributed by atoms with Crippen molar-refractivity contribution in [2.24, 2.45) is 0 Å². The monoisotopic (exact) mass is 567 g/mol. The van der Waals surface area contributed by atoms with Crippen molar-refractivity contribution in [3.63, 3.8) is 0 Å². The van der Waals surface area contributed by atoms with Gasteiger partial charge in [-0.25, -0.2) is 4.79 Å². The van der Waals surface area contributed by atoms with Gasteiger partial charge in [0.1, 0.15) is 18.1 Å². The van der Waals surface area contributed by atoms with E-state index in [0.29, 0.717) is 22.0 Å². The van der Waals surface area contributed by atoms with Crippen molar-refractivity contribution < 1.29 is 28.3 Å². The average Bonchev–Trinajstić information content (AvgIpc) is 3.64. The average molecular weight is 568 g/mol. The quantitative estimate of drug-likeness (QED) is 0.184. The van der Waals surface area contributed by atoms with Gasteiger partial charge in [-0.2, -0.15) is 5.26 Å². The summed E-state index contributed by atoms with van der Waals surface area (Å²) in [4.78, 5) is 38.7. The number of nitrogens with zero attached hydrogens (tertiary/aromatic N) is 3. The summed E-state index contributed by atoms with van der Waals surface area (Å²) in [6.45, 7) is 4.11. The molecule has 1 fully saturated rings. The molecule has 0 spiro atoms. The lowest BCUT2D eigenvalue weighted by atomic mass is 10.1. The summed E-state index contributed by atoms with van der Waals surface area (Å²) in [6, 6.07) is 22.1. The SMILES string of the molecule is COC(=O)c1ccc(CN2C(=O)S/C(=C/c3cc(C)n(-c4ccc(OCc5ccccc5C#N)cc4)c3C)C2=O)o1. The molecule has 1 saturated heterocycles. The number of rotatable bonds is 8. The fourth-order valence-corrected chi connectivity index (χ4v) is 5.37. The van der Waals surface area contributed by atoms with Gasteiger partial charge in [-0.05, 0) is 85.8 Å². The van der Waals surface area contributed by atoms with Crippen LogP contribution in [0, 0.1) is 25.2 Å². The zero-order valence-corrected chi connectivity index (χ0v) is 23.4. The van der Waals surface area contributed by atoms with Crippen LogP contribution in [0.2, 0.25) is 0 Å². The standard InChI is InChI=1S/C31H25N3O6S/c1-19-14-23(15-28-29(35)33(31(37)41-28)17-26-12-13-27(40-26)30(36)38-3)20(2)34(19)24-8-10-25(11-9-24)39-18-22-7-5-4-6-21(22)16-32/h4-15H,17-18H2,1-3H3/b28-15+. The van der Waals surface area contributed by atoms with Gasteiger partial charge < -0.3 is 18.5 Å². The number of hydrogen-bond acceptors (Lipinski definition) is 8. The van der Waals surface area contributed by atoms with E-state index in [4.69, 9.17) is 9.15 Å². The number of thioether (sulfide) groups is 1. The van der Waals surface area contributed by atoms with Gasteiger partial charge >= 0.3 is 5.97 Å². The molecule has 3 heterocycles. The van der Waals surface area contributed by atoms with E-state index in [1.54, 1.807) is 12.1 Å². The Labute approximate surface area is 240 Å². The first-order valence-electron chi connectivity index (χ1n) is 12.6. The lowest BCUT2D eigenvalue weighted by Gasteiger charge is -2.12. The van der Waals surface area contributed by atoms with Gasteiger partial charge in [-0.3, -0.25) is 14.5 Å². The van der Waals surface area contributed by atoms with Crippen LogP contribution in [-0.2, 0) is 22.7 Å². The van der Waals surface area contributed by atoms with Crippen LogP contribution in [0.1, 0.15) is 44.4 Å². The molecule has 41 heavy (non-hydrogen) atoms. The van der Waals surface area contributed by atoms with Crippen LogP contribution in [0.15, 0.2) is 76.1 Å². The normalized spacial score (nSPS) is 14.0. The zero-order chi connectivity index (χ0) is 29.1. The lowest BCUT2D eigenvalue weighted by molar-refractivity contribution is -0.123. The Bertz CT molecular complexity index is 1730. The summed E-state index contributed by atoms with van der Waals surface area (Å²) in [5, 5.41) is 8.86. The highest BCUT2D eigenvalue weighted by molar-refractivity contribution is 8.18. The molecule has 0 bridgehead atoms. The number of esters is 1. The van der Waals surface area contributed by atoms with Gasteiger partial charge in [0.25, 0.3) is 11.1 Å². The van der Waals surface area contributed by atoms with E-state index >= 15 is 0 Å². The van der Waals surface area contributed by atoms with Crippen molar-refractivity contribution in [1.82, 2.24) is 9.47 Å². The number of methoxy groups -OCH3 is 1. The molecule has 0 radical (unpaired) electrons. The Balaban J connectivity index is 1.30. The maximum atomic E-state index is 13.1. The minimum Gasteiger partial charge on any atom is -0.489 e. The third-order valence-corrected chi connectivity index (χ3v) is 7.53. The van der Waals surface area contributed by atoms with Gasteiger partial charge in [-0.15, -0.1) is 0 Å². The third kappa shape index (κ3) is 5.66. The molecule has 0 unspecified atom stereocenters. The topological polar surface area (TPSA) is 115 Å². The maximum Gasteiger partial charge on any atom is 0.373 e. The van der Waals surface area contributed by atoms with E-state index < -0.39 is 17.1 Å². The number of aromatic nitrogens is 1. The smallest absolute Gasteiger partial charge is 0.373 e. The molecular formula is C31H25N3O6S. The number of aryl methyl sites for hydroxylation is 1. The zero-order valence-electron chi connectivity index (χ0n) is 22.5. The van der Waals surface area contributed by atoms with Crippen molar-refractivity contribution in [3.05, 3.63) is 111 Å². The van der Waals surface area contributed by atoms with Crippen LogP contribution in [0.3, 0.4) is 0 Å². The number of carbonyl (C=O) groups excluding carboxylic acids is 3. The molecule has 0 N–H and O–H groups in total. The number of amides is 2. The first kappa shape index (κ1) is 27.6. The molecule has 10 heteroatoms. The molecule has 0 aliphatic carbocycles. The van der Waals surface area contributed by atoms with E-state index in [9.17, 15) is 19.6 Å². The second-order valence-electron chi connectivity index (χ2n) is 9.24. The number of furan rings is 1. The van der Waals surface area contributed by atoms with E-state index in [1.165, 1.54) is 19.2 Å². The van der Waals surface area contributed by atoms with E-state index in [-0.39, 0.29) is 18.9 Å². The number of hydrogen-bond donors (Lipinski definition) is 0. The molecule has 0 saturated carbocycles. The Morgan fingerprint density at radius 3 is 2.56 bits per heavy atom. The summed E-state index contributed by atoms with van der Waals surface area (Å²) in [5.74, 6) is -0.0900. The molecule has 2 aromatic carbocycles. The summed E-state index contributed by atoms with van der Waals surface area (Å²) in [5.41, 5.74) is 4.99. The van der Waals surface area contributed by atoms with Crippen LogP contribution in [0.4, 0.5) is 4.79 Å². The summed E-state index contributed by atoms with van der Waals surface area (Å²) in [6.07, 6.45) is 1.72. The third-order valence-electron chi connectivity index (χ3n) is 6.62. The first-order chi connectivity index (χ1) is 19.8. The molecular weight excluding hydrogens is 542 g/mol. The molecule has 206 valence electrons. The van der Waals surface area contributed by atoms with Crippen molar-refractivity contribution in [2.75, 3.05) is 7.11 Å². The molecule has 1 aliphatic rings. The lowest BCUT2D eigenvalue weighted by Crippen LogP contribution is -2.27. The minimum atomic E-state index is -0.635. The number of ether oxygens (including phenoxy) is 2. The largest absolute Gasteiger partial charge is 0.489 e. The molecule has 5 rings (SSSR count). The highest BCUT2D eigenvalue weighted by Crippen LogP contribution is 2.35. The molecule has 1 aliphatic heterocycles. The Kier molecular flexibility index (Phi) is 7.81. The highest BCUT2D eigenvalue weighted by atomic mass is 32.2. The number of carbonyl (C=O) groups is 3. The number of nitriles is 1. The summed E-state index contributed by atoms with van der Waals surface area (Å²) >= 11 is 0.861. The molecule has 4 aromatic rings. The van der Waals surface area contributed by atoms with Gasteiger partial charge in [0.2, 0.25) is 5.76 Å². The van der Waals surface area contributed by atoms with Crippen LogP contribution in [0.25, 0.3) is 11.8 Å². The van der Waals surface area contributed by atoms with Gasteiger partial charge in [0, 0.05) is 22.6 Å². The summed E-state index contributed by atoms with van der Waals surface area (Å²) < 4.78 is 18.0. The molecule has 2 amide bonds. The highest BCUT2D eigenvalue weighted by Gasteiger charge is 2.36. The fourth-order valence-electron chi connectivity index (χ4n) is 4.55. The predicted octanol–water partition coefficient (Wildman–Crippen LogP) is 6.16. The van der Waals surface area contributed by atoms with Crippen LogP contribution >= 0.6 is 11.8 Å². The van der Waals surface area contributed by atoms with Crippen LogP contribution in [0.5, 0.6) is 5.75 Å². The number of benzene rings is 2. The second-order valence-corrected chi connectivity index (χ2v) is 10.2. The van der Waals surface area contributed by atoms with Crippen molar-refractivity contribution in [3.8, 4) is 17.5 Å². The second kappa shape index (κ2) is 11.6. The maximum absolute atomic E-state index is 13.1. The Morgan fingerprint density at radius 1 is 1.07 bits per heavy atom. The molecule has 0 atom stereocenters. The van der Waals surface area contributed by atoms with Gasteiger partial charge in [-0.1, -0.05) is 18.2 Å². The molecule has 2 aromatic heterocycles. The first-order valence-corrected chi connectivity index (χ1v) is 13.4. The number of imide groups is 1. The van der Waals surface area contributed by atoms with Gasteiger partial charge in [0.05, 0.1) is 30.2 Å². The van der Waals surface area contributed by atoms with Crippen molar-refractivity contribution in [2.45, 2.75) is 27.0 Å². The fraction of sp³-hybridized carbons (Fsp3) is 0.161. The predicted molar refractivity (Wildman–Crippen MR) is 152 cm³/mol. The molecule has 9 nitrogen and oxygen atoms in total. The van der Waals surface area contributed by atoms with E-state index in [0.717, 1.165) is 44.9 Å². The Morgan fingerprint density at radius 2 is 1.83 bits per heavy atom. The van der Waals surface area contributed by atoms with Gasteiger partial charge in [0.15, 0.2) is 0 Å². The van der Waals surface area contributed by atoms with E-state index in [1.807, 2.05) is 62.4 Å². The minimum absolute atomic E-state index is 0.00128. The van der Waals surface area contributed by atoms with Crippen molar-refractivity contribution in [1.29, 1.82) is 5.26 Å². The van der Waals surface area contributed by atoms with Crippen LogP contribution < -0.4 is 4.74 Å². The van der Waals surface area contributed by atoms with E-state index in [2.05, 4.69) is 15.4 Å². The van der Waals surface area contributed by atoms with Crippen LogP contribution in [-0.4, -0.2) is 33.7 Å². The Hall–Kier alpha value is -5.01. The summed E-state index contributed by atoms with van der Waals surface area (Å²) in [7, 11) is 1.24. The van der Waals surface area contributed by atoms with Crippen molar-refractivity contribution >= 4 is 35.0 Å².